The largest absolute Gasteiger partial charge is 0.317 e. The van der Waals surface area contributed by atoms with Gasteiger partial charge in [-0.25, -0.2) is 0 Å². The maximum Gasteiger partial charge on any atom is 0.00669 e. The first kappa shape index (κ1) is 8.79. The van der Waals surface area contributed by atoms with Crippen LogP contribution in [-0.2, 0) is 0 Å². The zero-order chi connectivity index (χ0) is 8.27. The molecule has 1 N–H and O–H groups in total. The molecule has 1 rings (SSSR count). The van der Waals surface area contributed by atoms with Gasteiger partial charge in [-0.15, -0.1) is 6.58 Å². The predicted octanol–water partition coefficient (Wildman–Crippen LogP) is 2.34. The summed E-state index contributed by atoms with van der Waals surface area (Å²) in [5.74, 6) is 0.907. The van der Waals surface area contributed by atoms with Crippen molar-refractivity contribution in [2.24, 2.45) is 5.92 Å². The molecule has 1 aliphatic rings. The first-order valence-electron chi connectivity index (χ1n) is 4.54. The normalized spacial score (nSPS) is 30.7. The summed E-state index contributed by atoms with van der Waals surface area (Å²) in [6.07, 6.45) is 5.33. The first-order chi connectivity index (χ1) is 5.22. The van der Waals surface area contributed by atoms with Crippen molar-refractivity contribution in [3.63, 3.8) is 0 Å². The topological polar surface area (TPSA) is 12.0 Å². The van der Waals surface area contributed by atoms with Gasteiger partial charge in [-0.3, -0.25) is 0 Å². The lowest BCUT2D eigenvalue weighted by molar-refractivity contribution is 0.509. The third-order valence-electron chi connectivity index (χ3n) is 2.59. The molecule has 0 saturated heterocycles. The van der Waals surface area contributed by atoms with Crippen LogP contribution in [0.1, 0.15) is 32.6 Å². The summed E-state index contributed by atoms with van der Waals surface area (Å²) in [4.78, 5) is 0. The second-order valence-corrected chi connectivity index (χ2v) is 3.83. The fourth-order valence-electron chi connectivity index (χ4n) is 2.02. The molecule has 0 amide bonds. The molecule has 0 aromatic heterocycles. The minimum atomic E-state index is 0.777. The predicted molar refractivity (Wildman–Crippen MR) is 49.6 cm³/mol. The Morgan fingerprint density at radius 1 is 1.55 bits per heavy atom. The molecule has 0 aliphatic heterocycles. The van der Waals surface area contributed by atoms with Crippen LogP contribution < -0.4 is 5.32 Å². The van der Waals surface area contributed by atoms with Crippen LogP contribution >= 0.6 is 0 Å². The molecule has 0 bridgehead atoms. The summed E-state index contributed by atoms with van der Waals surface area (Å²) in [7, 11) is 2.06. The van der Waals surface area contributed by atoms with E-state index in [1.54, 1.807) is 0 Å². The van der Waals surface area contributed by atoms with E-state index in [-0.39, 0.29) is 0 Å². The van der Waals surface area contributed by atoms with Crippen LogP contribution in [0.5, 0.6) is 0 Å². The van der Waals surface area contributed by atoms with Crippen molar-refractivity contribution < 1.29 is 0 Å². The molecular weight excluding hydrogens is 134 g/mol. The lowest BCUT2D eigenvalue weighted by atomic mass is 10.00. The van der Waals surface area contributed by atoms with E-state index in [0.717, 1.165) is 12.0 Å². The molecule has 11 heavy (non-hydrogen) atoms. The Morgan fingerprint density at radius 2 is 2.27 bits per heavy atom. The minimum Gasteiger partial charge on any atom is -0.317 e. The Hall–Kier alpha value is -0.300. The van der Waals surface area contributed by atoms with Crippen molar-refractivity contribution >= 4 is 0 Å². The van der Waals surface area contributed by atoms with Gasteiger partial charge >= 0.3 is 0 Å². The monoisotopic (exact) mass is 153 g/mol. The number of hydrogen-bond acceptors (Lipinski definition) is 1. The fourth-order valence-corrected chi connectivity index (χ4v) is 2.02. The highest BCUT2D eigenvalue weighted by Crippen LogP contribution is 2.29. The Bertz CT molecular complexity index is 140. The van der Waals surface area contributed by atoms with Crippen LogP contribution in [0.2, 0.25) is 0 Å². The van der Waals surface area contributed by atoms with Crippen molar-refractivity contribution in [3.05, 3.63) is 12.2 Å². The van der Waals surface area contributed by atoms with Crippen molar-refractivity contribution in [1.29, 1.82) is 0 Å². The second kappa shape index (κ2) is 3.91. The Morgan fingerprint density at radius 3 is 2.73 bits per heavy atom. The molecule has 1 heteroatoms. The van der Waals surface area contributed by atoms with E-state index >= 15 is 0 Å². The minimum absolute atomic E-state index is 0.777. The zero-order valence-electron chi connectivity index (χ0n) is 7.69. The summed E-state index contributed by atoms with van der Waals surface area (Å²) in [5, 5.41) is 3.34. The Kier molecular flexibility index (Phi) is 3.13. The van der Waals surface area contributed by atoms with Crippen LogP contribution in [0.25, 0.3) is 0 Å². The maximum atomic E-state index is 3.95. The van der Waals surface area contributed by atoms with E-state index in [9.17, 15) is 0 Å². The number of nitrogens with one attached hydrogen (secondary N) is 1. The summed E-state index contributed by atoms with van der Waals surface area (Å²) in [5.41, 5.74) is 1.34. The molecule has 64 valence electrons. The Labute approximate surface area is 69.9 Å². The lowest BCUT2D eigenvalue weighted by Crippen LogP contribution is -2.21. The van der Waals surface area contributed by atoms with Crippen LogP contribution in [0.3, 0.4) is 0 Å². The fraction of sp³-hybridized carbons (Fsp3) is 0.800. The number of allylic oxidation sites excluding steroid dienone is 1. The summed E-state index contributed by atoms with van der Waals surface area (Å²) in [6, 6.07) is 0.777. The molecule has 1 nitrogen and oxygen atoms in total. The van der Waals surface area contributed by atoms with Crippen molar-refractivity contribution in [3.8, 4) is 0 Å². The molecule has 0 radical (unpaired) electrons. The van der Waals surface area contributed by atoms with Crippen molar-refractivity contribution in [2.75, 3.05) is 7.05 Å². The SMILES string of the molecule is C=C(C)CC1CCC(NC)C1. The third kappa shape index (κ3) is 2.66. The van der Waals surface area contributed by atoms with Gasteiger partial charge in [0.25, 0.3) is 0 Å². The van der Waals surface area contributed by atoms with E-state index in [0.29, 0.717) is 0 Å². The highest BCUT2D eigenvalue weighted by atomic mass is 14.9. The van der Waals surface area contributed by atoms with E-state index in [4.69, 9.17) is 0 Å². The van der Waals surface area contributed by atoms with Crippen molar-refractivity contribution in [1.82, 2.24) is 5.32 Å². The van der Waals surface area contributed by atoms with Gasteiger partial charge in [0.2, 0.25) is 0 Å². The smallest absolute Gasteiger partial charge is 0.00669 e. The maximum absolute atomic E-state index is 3.95. The van der Waals surface area contributed by atoms with Gasteiger partial charge in [0.15, 0.2) is 0 Å². The number of rotatable bonds is 3. The average Bonchev–Trinajstić information content (AvgIpc) is 2.34. The molecule has 1 fully saturated rings. The van der Waals surface area contributed by atoms with Crippen LogP contribution in [-0.4, -0.2) is 13.1 Å². The van der Waals surface area contributed by atoms with Gasteiger partial charge in [-0.2, -0.15) is 0 Å². The van der Waals surface area contributed by atoms with E-state index in [1.165, 1.54) is 31.3 Å². The highest BCUT2D eigenvalue weighted by molar-refractivity contribution is 4.93. The van der Waals surface area contributed by atoms with Crippen LogP contribution in [0.15, 0.2) is 12.2 Å². The molecule has 1 saturated carbocycles. The summed E-state index contributed by atoms with van der Waals surface area (Å²) >= 11 is 0. The Balaban J connectivity index is 2.24. The van der Waals surface area contributed by atoms with Gasteiger partial charge in [0.05, 0.1) is 0 Å². The standard InChI is InChI=1S/C10H19N/c1-8(2)6-9-4-5-10(7-9)11-3/h9-11H,1,4-7H2,2-3H3. The summed E-state index contributed by atoms with van der Waals surface area (Å²) < 4.78 is 0. The van der Waals surface area contributed by atoms with Gasteiger partial charge in [-0.05, 0) is 45.6 Å². The second-order valence-electron chi connectivity index (χ2n) is 3.83. The van der Waals surface area contributed by atoms with E-state index < -0.39 is 0 Å². The van der Waals surface area contributed by atoms with Crippen LogP contribution in [0.4, 0.5) is 0 Å². The number of hydrogen-bond donors (Lipinski definition) is 1. The quantitative estimate of drug-likeness (QED) is 0.614. The van der Waals surface area contributed by atoms with Crippen molar-refractivity contribution in [2.45, 2.75) is 38.6 Å². The molecule has 2 unspecified atom stereocenters. The lowest BCUT2D eigenvalue weighted by Gasteiger charge is -2.09. The summed E-state index contributed by atoms with van der Waals surface area (Å²) in [6.45, 7) is 6.08. The van der Waals surface area contributed by atoms with Gasteiger partial charge in [0, 0.05) is 6.04 Å². The van der Waals surface area contributed by atoms with E-state index in [2.05, 4.69) is 25.9 Å². The van der Waals surface area contributed by atoms with Crippen LogP contribution in [0, 0.1) is 5.92 Å². The molecule has 0 aromatic rings. The molecule has 0 aromatic carbocycles. The van der Waals surface area contributed by atoms with Gasteiger partial charge < -0.3 is 5.32 Å². The first-order valence-corrected chi connectivity index (χ1v) is 4.54. The third-order valence-corrected chi connectivity index (χ3v) is 2.59. The molecular formula is C10H19N. The van der Waals surface area contributed by atoms with Gasteiger partial charge in [0.1, 0.15) is 0 Å². The van der Waals surface area contributed by atoms with E-state index in [1.807, 2.05) is 0 Å². The molecule has 2 atom stereocenters. The highest BCUT2D eigenvalue weighted by Gasteiger charge is 2.22. The molecule has 0 heterocycles. The van der Waals surface area contributed by atoms with Gasteiger partial charge in [-0.1, -0.05) is 5.57 Å². The molecule has 1 aliphatic carbocycles. The average molecular weight is 153 g/mol. The zero-order valence-corrected chi connectivity index (χ0v) is 7.69. The molecule has 0 spiro atoms.